The summed E-state index contributed by atoms with van der Waals surface area (Å²) in [4.78, 5) is 0.210. The van der Waals surface area contributed by atoms with Gasteiger partial charge in [0, 0.05) is 17.1 Å². The molecule has 1 aliphatic rings. The van der Waals surface area contributed by atoms with Gasteiger partial charge in [0.25, 0.3) is 0 Å². The number of hydrogen-bond donors (Lipinski definition) is 2. The van der Waals surface area contributed by atoms with Gasteiger partial charge < -0.3 is 10.1 Å². The van der Waals surface area contributed by atoms with E-state index in [0.717, 1.165) is 25.9 Å². The third-order valence-electron chi connectivity index (χ3n) is 3.43. The number of benzene rings is 1. The van der Waals surface area contributed by atoms with Crippen LogP contribution in [0, 0.1) is 5.92 Å². The molecule has 1 aromatic carbocycles. The van der Waals surface area contributed by atoms with Gasteiger partial charge in [0.1, 0.15) is 5.75 Å². The number of nitrogens with one attached hydrogen (secondary N) is 2. The van der Waals surface area contributed by atoms with Crippen LogP contribution in [-0.4, -0.2) is 35.2 Å². The van der Waals surface area contributed by atoms with Crippen molar-refractivity contribution in [1.29, 1.82) is 0 Å². The molecule has 7 heteroatoms. The van der Waals surface area contributed by atoms with Crippen LogP contribution in [0.15, 0.2) is 27.6 Å². The number of rotatable bonds is 6. The van der Waals surface area contributed by atoms with Crippen molar-refractivity contribution in [2.45, 2.75) is 17.7 Å². The first-order chi connectivity index (χ1) is 9.53. The number of hydrogen-bond acceptors (Lipinski definition) is 4. The van der Waals surface area contributed by atoms with Crippen LogP contribution in [0.25, 0.3) is 0 Å². The first-order valence-electron chi connectivity index (χ1n) is 6.57. The van der Waals surface area contributed by atoms with Gasteiger partial charge in [-0.25, -0.2) is 13.1 Å². The maximum absolute atomic E-state index is 12.3. The van der Waals surface area contributed by atoms with Gasteiger partial charge in [-0.2, -0.15) is 0 Å². The Labute approximate surface area is 128 Å². The monoisotopic (exact) mass is 362 g/mol. The molecule has 0 bridgehead atoms. The maximum atomic E-state index is 12.3. The van der Waals surface area contributed by atoms with Crippen molar-refractivity contribution >= 4 is 26.0 Å². The Balaban J connectivity index is 2.01. The van der Waals surface area contributed by atoms with Crippen LogP contribution in [0.2, 0.25) is 0 Å². The van der Waals surface area contributed by atoms with Gasteiger partial charge in [-0.05, 0) is 59.9 Å². The highest BCUT2D eigenvalue weighted by Gasteiger charge is 2.20. The molecule has 1 unspecified atom stereocenters. The van der Waals surface area contributed by atoms with Gasteiger partial charge in [-0.3, -0.25) is 0 Å². The normalized spacial score (nSPS) is 19.2. The Morgan fingerprint density at radius 1 is 1.50 bits per heavy atom. The zero-order chi connectivity index (χ0) is 14.6. The lowest BCUT2D eigenvalue weighted by Crippen LogP contribution is -2.27. The zero-order valence-corrected chi connectivity index (χ0v) is 13.8. The summed E-state index contributed by atoms with van der Waals surface area (Å²) in [5, 5.41) is 3.27. The Hall–Kier alpha value is -0.630. The second-order valence-electron chi connectivity index (χ2n) is 4.84. The molecular weight excluding hydrogens is 344 g/mol. The van der Waals surface area contributed by atoms with Crippen LogP contribution in [0.4, 0.5) is 0 Å². The molecule has 1 atom stereocenters. The summed E-state index contributed by atoms with van der Waals surface area (Å²) in [5.41, 5.74) is 0. The number of sulfonamides is 1. The quantitative estimate of drug-likeness (QED) is 0.808. The summed E-state index contributed by atoms with van der Waals surface area (Å²) >= 11 is 3.27. The van der Waals surface area contributed by atoms with Crippen LogP contribution in [-0.2, 0) is 10.0 Å². The molecule has 1 aliphatic heterocycles. The Bertz CT molecular complexity index is 557. The van der Waals surface area contributed by atoms with E-state index < -0.39 is 10.0 Å². The van der Waals surface area contributed by atoms with Crippen molar-refractivity contribution in [3.63, 3.8) is 0 Å². The van der Waals surface area contributed by atoms with Crippen molar-refractivity contribution in [2.24, 2.45) is 5.92 Å². The lowest BCUT2D eigenvalue weighted by molar-refractivity contribution is 0.413. The minimum atomic E-state index is -3.51. The third-order valence-corrected chi connectivity index (χ3v) is 5.89. The van der Waals surface area contributed by atoms with Crippen LogP contribution in [0.5, 0.6) is 5.75 Å². The fourth-order valence-corrected chi connectivity index (χ4v) is 4.28. The van der Waals surface area contributed by atoms with Crippen molar-refractivity contribution in [1.82, 2.24) is 10.0 Å². The SMILES string of the molecule is COc1ccc(Br)c(S(=O)(=O)NCCC2CCNC2)c1. The smallest absolute Gasteiger partial charge is 0.241 e. The average Bonchev–Trinajstić information content (AvgIpc) is 2.92. The molecule has 112 valence electrons. The molecule has 2 N–H and O–H groups in total. The lowest BCUT2D eigenvalue weighted by atomic mass is 10.1. The van der Waals surface area contributed by atoms with Crippen molar-refractivity contribution in [3.8, 4) is 5.75 Å². The summed E-state index contributed by atoms with van der Waals surface area (Å²) in [6.45, 7) is 2.46. The highest BCUT2D eigenvalue weighted by atomic mass is 79.9. The Morgan fingerprint density at radius 2 is 2.30 bits per heavy atom. The van der Waals surface area contributed by atoms with E-state index in [1.807, 2.05) is 0 Å². The lowest BCUT2D eigenvalue weighted by Gasteiger charge is -2.12. The Kier molecular flexibility index (Phi) is 5.42. The molecule has 0 radical (unpaired) electrons. The van der Waals surface area contributed by atoms with Gasteiger partial charge in [0.2, 0.25) is 10.0 Å². The van der Waals surface area contributed by atoms with Crippen molar-refractivity contribution in [2.75, 3.05) is 26.7 Å². The Morgan fingerprint density at radius 3 is 2.95 bits per heavy atom. The molecular formula is C13H19BrN2O3S. The molecule has 0 amide bonds. The van der Waals surface area contributed by atoms with E-state index in [0.29, 0.717) is 22.7 Å². The van der Waals surface area contributed by atoms with Crippen LogP contribution in [0.1, 0.15) is 12.8 Å². The molecule has 2 rings (SSSR count). The van der Waals surface area contributed by atoms with E-state index in [-0.39, 0.29) is 4.90 Å². The van der Waals surface area contributed by atoms with E-state index in [1.165, 1.54) is 13.2 Å². The van der Waals surface area contributed by atoms with Gasteiger partial charge in [0.15, 0.2) is 0 Å². The number of ether oxygens (including phenoxy) is 1. The van der Waals surface area contributed by atoms with Crippen molar-refractivity contribution < 1.29 is 13.2 Å². The van der Waals surface area contributed by atoms with E-state index in [1.54, 1.807) is 12.1 Å². The summed E-state index contributed by atoms with van der Waals surface area (Å²) < 4.78 is 32.8. The van der Waals surface area contributed by atoms with Gasteiger partial charge >= 0.3 is 0 Å². The summed E-state index contributed by atoms with van der Waals surface area (Å²) in [6.07, 6.45) is 1.97. The van der Waals surface area contributed by atoms with Crippen LogP contribution in [0.3, 0.4) is 0 Å². The third kappa shape index (κ3) is 3.94. The largest absolute Gasteiger partial charge is 0.497 e. The molecule has 1 saturated heterocycles. The summed E-state index contributed by atoms with van der Waals surface area (Å²) in [6, 6.07) is 4.91. The molecule has 1 aromatic rings. The van der Waals surface area contributed by atoms with Crippen LogP contribution >= 0.6 is 15.9 Å². The number of methoxy groups -OCH3 is 1. The maximum Gasteiger partial charge on any atom is 0.241 e. The molecule has 0 saturated carbocycles. The van der Waals surface area contributed by atoms with E-state index >= 15 is 0 Å². The topological polar surface area (TPSA) is 67.4 Å². The minimum absolute atomic E-state index is 0.210. The van der Waals surface area contributed by atoms with Gasteiger partial charge in [0.05, 0.1) is 12.0 Å². The fourth-order valence-electron chi connectivity index (χ4n) is 2.25. The van der Waals surface area contributed by atoms with Gasteiger partial charge in [-0.15, -0.1) is 0 Å². The van der Waals surface area contributed by atoms with E-state index in [2.05, 4.69) is 26.0 Å². The molecule has 1 heterocycles. The second-order valence-corrected chi connectivity index (χ2v) is 7.43. The standard InChI is InChI=1S/C13H19BrN2O3S/c1-19-11-2-3-12(14)13(8-11)20(17,18)16-7-5-10-4-6-15-9-10/h2-3,8,10,15-16H,4-7,9H2,1H3. The molecule has 0 aliphatic carbocycles. The molecule has 0 spiro atoms. The molecule has 0 aromatic heterocycles. The molecule has 1 fully saturated rings. The van der Waals surface area contributed by atoms with Crippen LogP contribution < -0.4 is 14.8 Å². The predicted octanol–water partition coefficient (Wildman–Crippen LogP) is 1.74. The first-order valence-corrected chi connectivity index (χ1v) is 8.84. The second kappa shape index (κ2) is 6.89. The fraction of sp³-hybridized carbons (Fsp3) is 0.538. The number of halogens is 1. The first kappa shape index (κ1) is 15.8. The van der Waals surface area contributed by atoms with Gasteiger partial charge in [-0.1, -0.05) is 0 Å². The highest BCUT2D eigenvalue weighted by molar-refractivity contribution is 9.10. The van der Waals surface area contributed by atoms with E-state index in [4.69, 9.17) is 4.74 Å². The van der Waals surface area contributed by atoms with E-state index in [9.17, 15) is 8.42 Å². The molecule has 5 nitrogen and oxygen atoms in total. The predicted molar refractivity (Wildman–Crippen MR) is 81.5 cm³/mol. The minimum Gasteiger partial charge on any atom is -0.497 e. The molecule has 20 heavy (non-hydrogen) atoms. The average molecular weight is 363 g/mol. The van der Waals surface area contributed by atoms with Crippen molar-refractivity contribution in [3.05, 3.63) is 22.7 Å². The summed E-state index contributed by atoms with van der Waals surface area (Å²) in [5.74, 6) is 1.08. The zero-order valence-electron chi connectivity index (χ0n) is 11.4. The highest BCUT2D eigenvalue weighted by Crippen LogP contribution is 2.26. The summed E-state index contributed by atoms with van der Waals surface area (Å²) in [7, 11) is -2.00.